The highest BCUT2D eigenvalue weighted by atomic mass is 35.5. The Kier molecular flexibility index (Phi) is 9.29. The van der Waals surface area contributed by atoms with Crippen LogP contribution in [0.1, 0.15) is 36.9 Å². The fraction of sp³-hybridized carbons (Fsp3) is 0.400. The summed E-state index contributed by atoms with van der Waals surface area (Å²) in [6.45, 7) is 2.98. The molecule has 0 aliphatic carbocycles. The summed E-state index contributed by atoms with van der Waals surface area (Å²) < 4.78 is 1.94. The van der Waals surface area contributed by atoms with Gasteiger partial charge in [-0.3, -0.25) is 4.79 Å². The van der Waals surface area contributed by atoms with Crippen molar-refractivity contribution in [2.45, 2.75) is 38.6 Å². The van der Waals surface area contributed by atoms with Crippen LogP contribution in [0.3, 0.4) is 0 Å². The standard InChI is InChI=1S/C15H20N4O2.2ClH/c1-2-3-6-19-9-13(18-10-19)12(15(20)21)7-11-4-5-14(16)17-8-11;;/h4-5,8-10,12H,2-3,6-7H2,1H3,(H2,16,17)(H,20,21);2*1H. The van der Waals surface area contributed by atoms with E-state index in [2.05, 4.69) is 16.9 Å². The van der Waals surface area contributed by atoms with E-state index in [0.29, 0.717) is 17.9 Å². The van der Waals surface area contributed by atoms with Crippen LogP contribution in [-0.2, 0) is 17.8 Å². The molecule has 0 aliphatic heterocycles. The van der Waals surface area contributed by atoms with Crippen molar-refractivity contribution in [2.24, 2.45) is 0 Å². The molecule has 0 radical (unpaired) electrons. The van der Waals surface area contributed by atoms with Gasteiger partial charge in [-0.2, -0.15) is 0 Å². The Bertz CT molecular complexity index is 602. The minimum atomic E-state index is -0.882. The second kappa shape index (κ2) is 10.1. The van der Waals surface area contributed by atoms with Gasteiger partial charge < -0.3 is 15.4 Å². The number of halogens is 2. The first kappa shape index (κ1) is 21.2. The predicted octanol–water partition coefficient (Wildman–Crippen LogP) is 2.91. The zero-order valence-corrected chi connectivity index (χ0v) is 14.5. The normalized spacial score (nSPS) is 11.2. The maximum atomic E-state index is 11.5. The van der Waals surface area contributed by atoms with Gasteiger partial charge in [0.25, 0.3) is 0 Å². The van der Waals surface area contributed by atoms with Crippen LogP contribution >= 0.6 is 24.8 Å². The van der Waals surface area contributed by atoms with Crippen LogP contribution in [0.15, 0.2) is 30.9 Å². The van der Waals surface area contributed by atoms with Crippen molar-refractivity contribution in [3.8, 4) is 0 Å². The number of carbonyl (C=O) groups is 1. The Balaban J connectivity index is 0.00000242. The van der Waals surface area contributed by atoms with Crippen molar-refractivity contribution in [1.82, 2.24) is 14.5 Å². The Labute approximate surface area is 148 Å². The lowest BCUT2D eigenvalue weighted by atomic mass is 9.98. The van der Waals surface area contributed by atoms with Crippen molar-refractivity contribution < 1.29 is 9.90 Å². The zero-order valence-electron chi connectivity index (χ0n) is 12.9. The SMILES string of the molecule is CCCCn1cnc(C(Cc2ccc(N)nc2)C(=O)O)c1.Cl.Cl. The van der Waals surface area contributed by atoms with E-state index in [0.717, 1.165) is 24.9 Å². The number of rotatable bonds is 7. The smallest absolute Gasteiger partial charge is 0.312 e. The lowest BCUT2D eigenvalue weighted by Gasteiger charge is -2.09. The maximum Gasteiger partial charge on any atom is 0.312 e. The first-order valence-corrected chi connectivity index (χ1v) is 7.05. The molecule has 2 rings (SSSR count). The number of carboxylic acids is 1. The number of nitrogen functional groups attached to an aromatic ring is 1. The van der Waals surface area contributed by atoms with Crippen molar-refractivity contribution >= 4 is 36.6 Å². The molecular weight excluding hydrogens is 339 g/mol. The Morgan fingerprint density at radius 2 is 2.09 bits per heavy atom. The molecule has 3 N–H and O–H groups in total. The third-order valence-electron chi connectivity index (χ3n) is 3.37. The first-order chi connectivity index (χ1) is 10.1. The van der Waals surface area contributed by atoms with E-state index >= 15 is 0 Å². The van der Waals surface area contributed by atoms with Gasteiger partial charge in [0.1, 0.15) is 11.7 Å². The number of nitrogens with zero attached hydrogens (tertiary/aromatic N) is 3. The number of unbranched alkanes of at least 4 members (excludes halogenated alkanes) is 1. The number of carboxylic acid groups (broad SMARTS) is 1. The van der Waals surface area contributed by atoms with Gasteiger partial charge in [0.2, 0.25) is 0 Å². The Hall–Kier alpha value is -1.79. The second-order valence-electron chi connectivity index (χ2n) is 5.08. The molecule has 0 saturated carbocycles. The van der Waals surface area contributed by atoms with Crippen LogP contribution in [0.2, 0.25) is 0 Å². The summed E-state index contributed by atoms with van der Waals surface area (Å²) >= 11 is 0. The first-order valence-electron chi connectivity index (χ1n) is 7.05. The molecule has 8 heteroatoms. The predicted molar refractivity (Wildman–Crippen MR) is 94.4 cm³/mol. The molecule has 1 atom stereocenters. The van der Waals surface area contributed by atoms with E-state index in [1.807, 2.05) is 10.8 Å². The van der Waals surface area contributed by atoms with E-state index in [1.54, 1.807) is 24.7 Å². The Morgan fingerprint density at radius 1 is 1.35 bits per heavy atom. The number of pyridine rings is 1. The number of aromatic nitrogens is 3. The Morgan fingerprint density at radius 3 is 2.65 bits per heavy atom. The van der Waals surface area contributed by atoms with E-state index in [-0.39, 0.29) is 24.8 Å². The largest absolute Gasteiger partial charge is 0.481 e. The van der Waals surface area contributed by atoms with Crippen LogP contribution in [-0.4, -0.2) is 25.6 Å². The molecule has 0 fully saturated rings. The molecule has 0 spiro atoms. The van der Waals surface area contributed by atoms with Crippen LogP contribution in [0, 0.1) is 0 Å². The van der Waals surface area contributed by atoms with E-state index < -0.39 is 11.9 Å². The number of anilines is 1. The number of hydrogen-bond acceptors (Lipinski definition) is 4. The molecule has 2 aromatic heterocycles. The molecule has 6 nitrogen and oxygen atoms in total. The van der Waals surface area contributed by atoms with Gasteiger partial charge in [-0.25, -0.2) is 9.97 Å². The van der Waals surface area contributed by atoms with Crippen molar-refractivity contribution in [2.75, 3.05) is 5.73 Å². The molecule has 0 saturated heterocycles. The average molecular weight is 361 g/mol. The third-order valence-corrected chi connectivity index (χ3v) is 3.37. The number of aryl methyl sites for hydroxylation is 1. The van der Waals surface area contributed by atoms with Crippen LogP contribution in [0.4, 0.5) is 5.82 Å². The summed E-state index contributed by atoms with van der Waals surface area (Å²) in [5.74, 6) is -1.12. The van der Waals surface area contributed by atoms with E-state index in [1.165, 1.54) is 0 Å². The summed E-state index contributed by atoms with van der Waals surface area (Å²) in [6, 6.07) is 3.47. The zero-order chi connectivity index (χ0) is 15.2. The molecule has 1 unspecified atom stereocenters. The number of nitrogens with two attached hydrogens (primary N) is 1. The van der Waals surface area contributed by atoms with Gasteiger partial charge in [0.05, 0.1) is 12.0 Å². The maximum absolute atomic E-state index is 11.5. The van der Waals surface area contributed by atoms with Crippen LogP contribution in [0.5, 0.6) is 0 Å². The van der Waals surface area contributed by atoms with E-state index in [9.17, 15) is 9.90 Å². The van der Waals surface area contributed by atoms with E-state index in [4.69, 9.17) is 5.73 Å². The van der Waals surface area contributed by atoms with Crippen molar-refractivity contribution in [3.05, 3.63) is 42.1 Å². The lowest BCUT2D eigenvalue weighted by Crippen LogP contribution is -2.15. The molecule has 0 bridgehead atoms. The summed E-state index contributed by atoms with van der Waals surface area (Å²) in [6.07, 6.45) is 7.62. The van der Waals surface area contributed by atoms with Gasteiger partial charge in [0, 0.05) is 18.9 Å². The molecule has 2 aromatic rings. The second-order valence-corrected chi connectivity index (χ2v) is 5.08. The summed E-state index contributed by atoms with van der Waals surface area (Å²) in [5.41, 5.74) is 6.95. The number of aliphatic carboxylic acids is 1. The highest BCUT2D eigenvalue weighted by Gasteiger charge is 2.23. The molecule has 128 valence electrons. The molecule has 2 heterocycles. The fourth-order valence-electron chi connectivity index (χ4n) is 2.13. The molecule has 0 aromatic carbocycles. The van der Waals surface area contributed by atoms with Crippen LogP contribution < -0.4 is 5.73 Å². The monoisotopic (exact) mass is 360 g/mol. The molecule has 0 aliphatic rings. The summed E-state index contributed by atoms with van der Waals surface area (Å²) in [5, 5.41) is 9.43. The van der Waals surface area contributed by atoms with Gasteiger partial charge in [-0.1, -0.05) is 19.4 Å². The van der Waals surface area contributed by atoms with Gasteiger partial charge >= 0.3 is 5.97 Å². The highest BCUT2D eigenvalue weighted by molar-refractivity contribution is 5.85. The van der Waals surface area contributed by atoms with Crippen LogP contribution in [0.25, 0.3) is 0 Å². The number of imidazole rings is 1. The van der Waals surface area contributed by atoms with Gasteiger partial charge in [-0.15, -0.1) is 24.8 Å². The van der Waals surface area contributed by atoms with Crippen molar-refractivity contribution in [1.29, 1.82) is 0 Å². The summed E-state index contributed by atoms with van der Waals surface area (Å²) in [4.78, 5) is 19.7. The average Bonchev–Trinajstić information content (AvgIpc) is 2.92. The minimum absolute atomic E-state index is 0. The lowest BCUT2D eigenvalue weighted by molar-refractivity contribution is -0.138. The summed E-state index contributed by atoms with van der Waals surface area (Å²) in [7, 11) is 0. The molecular formula is C15H22Cl2N4O2. The van der Waals surface area contributed by atoms with Gasteiger partial charge in [-0.05, 0) is 24.5 Å². The third kappa shape index (κ3) is 6.08. The quantitative estimate of drug-likeness (QED) is 0.791. The highest BCUT2D eigenvalue weighted by Crippen LogP contribution is 2.20. The van der Waals surface area contributed by atoms with Gasteiger partial charge in [0.15, 0.2) is 0 Å². The van der Waals surface area contributed by atoms with Crippen molar-refractivity contribution in [3.63, 3.8) is 0 Å². The topological polar surface area (TPSA) is 94.0 Å². The number of hydrogen-bond donors (Lipinski definition) is 2. The minimum Gasteiger partial charge on any atom is -0.481 e. The molecule has 23 heavy (non-hydrogen) atoms. The molecule has 0 amide bonds. The fourth-order valence-corrected chi connectivity index (χ4v) is 2.13.